The molecule has 0 fully saturated rings. The molecule has 0 heterocycles. The Morgan fingerprint density at radius 3 is 1.80 bits per heavy atom. The van der Waals surface area contributed by atoms with Crippen LogP contribution < -0.4 is 0 Å². The quantitative estimate of drug-likeness (QED) is 0.857. The fourth-order valence-corrected chi connectivity index (χ4v) is 1.52. The Morgan fingerprint density at radius 2 is 1.47 bits per heavy atom. The van der Waals surface area contributed by atoms with E-state index in [1.54, 1.807) is 0 Å². The summed E-state index contributed by atoms with van der Waals surface area (Å²) in [5.41, 5.74) is -5.32. The second kappa shape index (κ2) is 4.66. The van der Waals surface area contributed by atoms with Crippen LogP contribution in [0.15, 0.2) is 29.2 Å². The molecule has 0 aliphatic rings. The molecule has 0 aromatic heterocycles. The van der Waals surface area contributed by atoms with Crippen molar-refractivity contribution in [3.8, 4) is 5.75 Å². The molecule has 0 aliphatic carbocycles. The van der Waals surface area contributed by atoms with Gasteiger partial charge in [-0.15, -0.1) is 0 Å². The summed E-state index contributed by atoms with van der Waals surface area (Å²) in [6, 6.07) is 3.13. The SMILES string of the molecule is O=S(=O)(c1ccc(O)cc1)C(F)(F)F.[Zr]. The van der Waals surface area contributed by atoms with E-state index in [0.29, 0.717) is 12.1 Å². The Kier molecular flexibility index (Phi) is 4.54. The van der Waals surface area contributed by atoms with Crippen LogP contribution in [0.3, 0.4) is 0 Å². The van der Waals surface area contributed by atoms with Crippen LogP contribution in [0, 0.1) is 0 Å². The number of phenols is 1. The third kappa shape index (κ3) is 3.05. The zero-order chi connectivity index (χ0) is 11.0. The number of sulfone groups is 1. The molecule has 0 saturated carbocycles. The maximum absolute atomic E-state index is 12.0. The van der Waals surface area contributed by atoms with E-state index in [0.717, 1.165) is 12.1 Å². The van der Waals surface area contributed by atoms with Gasteiger partial charge in [-0.05, 0) is 24.3 Å². The van der Waals surface area contributed by atoms with E-state index in [-0.39, 0.29) is 32.0 Å². The van der Waals surface area contributed by atoms with Crippen molar-refractivity contribution in [3.63, 3.8) is 0 Å². The summed E-state index contributed by atoms with van der Waals surface area (Å²) in [7, 11) is -5.30. The maximum atomic E-state index is 12.0. The smallest absolute Gasteiger partial charge is 0.501 e. The van der Waals surface area contributed by atoms with Crippen molar-refractivity contribution in [3.05, 3.63) is 24.3 Å². The molecule has 0 saturated heterocycles. The van der Waals surface area contributed by atoms with Gasteiger partial charge in [0.1, 0.15) is 5.75 Å². The van der Waals surface area contributed by atoms with Gasteiger partial charge in [0.25, 0.3) is 9.84 Å². The Hall–Kier alpha value is -0.357. The normalized spacial score (nSPS) is 11.9. The van der Waals surface area contributed by atoms with Crippen LogP contribution in [-0.4, -0.2) is 19.0 Å². The third-order valence-corrected chi connectivity index (χ3v) is 2.95. The van der Waals surface area contributed by atoms with Gasteiger partial charge in [0.15, 0.2) is 0 Å². The van der Waals surface area contributed by atoms with E-state index in [1.807, 2.05) is 0 Å². The van der Waals surface area contributed by atoms with Crippen molar-refractivity contribution in [2.75, 3.05) is 0 Å². The monoisotopic (exact) mass is 316 g/mol. The minimum atomic E-state index is -5.32. The van der Waals surface area contributed by atoms with E-state index in [9.17, 15) is 21.6 Å². The molecule has 0 spiro atoms. The van der Waals surface area contributed by atoms with Crippen LogP contribution in [-0.2, 0) is 36.0 Å². The average Bonchev–Trinajstić information content (AvgIpc) is 2.03. The molecule has 0 amide bonds. The molecule has 3 nitrogen and oxygen atoms in total. The number of alkyl halides is 3. The number of hydrogen-bond donors (Lipinski definition) is 1. The first-order valence-corrected chi connectivity index (χ1v) is 4.84. The van der Waals surface area contributed by atoms with Gasteiger partial charge in [-0.2, -0.15) is 13.2 Å². The van der Waals surface area contributed by atoms with Crippen LogP contribution in [0.2, 0.25) is 0 Å². The molecule has 1 aromatic carbocycles. The number of aromatic hydroxyl groups is 1. The molecular formula is C7H5F3O3SZr. The second-order valence-electron chi connectivity index (χ2n) is 2.44. The van der Waals surface area contributed by atoms with E-state index in [1.165, 1.54) is 0 Å². The summed E-state index contributed by atoms with van der Waals surface area (Å²) in [6.07, 6.45) is 0. The van der Waals surface area contributed by atoms with Gasteiger partial charge in [0.2, 0.25) is 0 Å². The number of rotatable bonds is 1. The summed E-state index contributed by atoms with van der Waals surface area (Å²) in [4.78, 5) is -0.886. The van der Waals surface area contributed by atoms with Crippen LogP contribution in [0.4, 0.5) is 13.2 Å². The molecule has 0 unspecified atom stereocenters. The first-order chi connectivity index (χ1) is 6.25. The summed E-state index contributed by atoms with van der Waals surface area (Å²) < 4.78 is 57.4. The van der Waals surface area contributed by atoms with Crippen molar-refractivity contribution in [1.29, 1.82) is 0 Å². The molecule has 0 aliphatic heterocycles. The molecule has 1 rings (SSSR count). The van der Waals surface area contributed by atoms with Crippen molar-refractivity contribution >= 4 is 9.84 Å². The summed E-state index contributed by atoms with van der Waals surface area (Å²) in [5, 5.41) is 8.75. The molecule has 0 radical (unpaired) electrons. The first kappa shape index (κ1) is 14.6. The predicted octanol–water partition coefficient (Wildman–Crippen LogP) is 1.68. The van der Waals surface area contributed by atoms with Crippen LogP contribution >= 0.6 is 0 Å². The molecule has 1 N–H and O–H groups in total. The molecule has 8 heteroatoms. The topological polar surface area (TPSA) is 54.4 Å². The second-order valence-corrected chi connectivity index (χ2v) is 4.38. The van der Waals surface area contributed by atoms with E-state index < -0.39 is 20.2 Å². The standard InChI is InChI=1S/C7H5F3O3S.Zr/c8-7(9,10)14(12,13)6-3-1-5(11)2-4-6;/h1-4,11H;. The Bertz CT molecular complexity index is 424. The fraction of sp³-hybridized carbons (Fsp3) is 0.143. The van der Waals surface area contributed by atoms with E-state index in [4.69, 9.17) is 5.11 Å². The van der Waals surface area contributed by atoms with Crippen LogP contribution in [0.5, 0.6) is 5.75 Å². The summed E-state index contributed by atoms with van der Waals surface area (Å²) in [5.74, 6) is -0.300. The maximum Gasteiger partial charge on any atom is 0.501 e. The summed E-state index contributed by atoms with van der Waals surface area (Å²) >= 11 is 0. The Labute approximate surface area is 103 Å². The molecule has 82 valence electrons. The van der Waals surface area contributed by atoms with Crippen molar-refractivity contribution in [2.24, 2.45) is 0 Å². The van der Waals surface area contributed by atoms with E-state index in [2.05, 4.69) is 0 Å². The number of phenolic OH excluding ortho intramolecular Hbond substituents is 1. The van der Waals surface area contributed by atoms with Crippen molar-refractivity contribution < 1.29 is 52.9 Å². The Morgan fingerprint density at radius 1 is 1.07 bits per heavy atom. The zero-order valence-electron chi connectivity index (χ0n) is 7.12. The number of benzene rings is 1. The van der Waals surface area contributed by atoms with Gasteiger partial charge in [0, 0.05) is 26.2 Å². The predicted molar refractivity (Wildman–Crippen MR) is 41.3 cm³/mol. The van der Waals surface area contributed by atoms with Gasteiger partial charge in [-0.25, -0.2) is 8.42 Å². The van der Waals surface area contributed by atoms with Gasteiger partial charge < -0.3 is 5.11 Å². The first-order valence-electron chi connectivity index (χ1n) is 3.35. The zero-order valence-corrected chi connectivity index (χ0v) is 10.4. The van der Waals surface area contributed by atoms with Crippen LogP contribution in [0.25, 0.3) is 0 Å². The number of halogens is 3. The molecule has 15 heavy (non-hydrogen) atoms. The van der Waals surface area contributed by atoms with Crippen molar-refractivity contribution in [2.45, 2.75) is 10.4 Å². The van der Waals surface area contributed by atoms with Gasteiger partial charge >= 0.3 is 5.51 Å². The van der Waals surface area contributed by atoms with Gasteiger partial charge in [-0.1, -0.05) is 0 Å². The third-order valence-electron chi connectivity index (χ3n) is 1.45. The molecule has 0 bridgehead atoms. The fourth-order valence-electron chi connectivity index (χ4n) is 0.759. The molecule has 0 atom stereocenters. The largest absolute Gasteiger partial charge is 0.508 e. The van der Waals surface area contributed by atoms with Gasteiger partial charge in [0.05, 0.1) is 4.90 Å². The minimum absolute atomic E-state index is 0. The molecule has 1 aromatic rings. The van der Waals surface area contributed by atoms with E-state index >= 15 is 0 Å². The van der Waals surface area contributed by atoms with Crippen molar-refractivity contribution in [1.82, 2.24) is 0 Å². The Balaban J connectivity index is 0.00000196. The molecular weight excluding hydrogens is 312 g/mol. The minimum Gasteiger partial charge on any atom is -0.508 e. The summed E-state index contributed by atoms with van der Waals surface area (Å²) in [6.45, 7) is 0. The van der Waals surface area contributed by atoms with Gasteiger partial charge in [-0.3, -0.25) is 0 Å². The number of hydrogen-bond acceptors (Lipinski definition) is 3. The van der Waals surface area contributed by atoms with Crippen LogP contribution in [0.1, 0.15) is 0 Å². The average molecular weight is 317 g/mol.